The summed E-state index contributed by atoms with van der Waals surface area (Å²) >= 11 is 5.58. The van der Waals surface area contributed by atoms with Gasteiger partial charge < -0.3 is 5.73 Å². The fraction of sp³-hybridized carbons (Fsp3) is 0.333. The Balaban J connectivity index is 0.00000144. The molecule has 4 heteroatoms. The van der Waals surface area contributed by atoms with Crippen LogP contribution in [0.15, 0.2) is 18.2 Å². The van der Waals surface area contributed by atoms with Crippen molar-refractivity contribution in [3.63, 3.8) is 0 Å². The number of rotatable bonds is 2. The van der Waals surface area contributed by atoms with Crippen molar-refractivity contribution in [2.75, 3.05) is 0 Å². The quantitative estimate of drug-likeness (QED) is 0.819. The van der Waals surface area contributed by atoms with Crippen molar-refractivity contribution < 1.29 is 4.39 Å². The molecular formula is C9H12Cl2FN. The lowest BCUT2D eigenvalue weighted by Gasteiger charge is -2.08. The van der Waals surface area contributed by atoms with Crippen LogP contribution < -0.4 is 5.73 Å². The van der Waals surface area contributed by atoms with Crippen molar-refractivity contribution in [3.8, 4) is 0 Å². The van der Waals surface area contributed by atoms with Crippen LogP contribution in [0.1, 0.15) is 24.9 Å². The Kier molecular flexibility index (Phi) is 5.30. The molecule has 0 unspecified atom stereocenters. The molecule has 1 aromatic carbocycles. The molecule has 0 aromatic heterocycles. The van der Waals surface area contributed by atoms with Gasteiger partial charge in [0.25, 0.3) is 0 Å². The zero-order valence-electron chi connectivity index (χ0n) is 7.26. The first kappa shape index (κ1) is 12.7. The Morgan fingerprint density at radius 2 is 2.15 bits per heavy atom. The highest BCUT2D eigenvalue weighted by Crippen LogP contribution is 2.20. The fourth-order valence-electron chi connectivity index (χ4n) is 0.979. The molecule has 13 heavy (non-hydrogen) atoms. The van der Waals surface area contributed by atoms with E-state index in [1.54, 1.807) is 12.1 Å². The van der Waals surface area contributed by atoms with Crippen LogP contribution in [0, 0.1) is 5.82 Å². The van der Waals surface area contributed by atoms with Crippen molar-refractivity contribution in [2.24, 2.45) is 5.73 Å². The van der Waals surface area contributed by atoms with Gasteiger partial charge in [0, 0.05) is 6.04 Å². The van der Waals surface area contributed by atoms with Crippen LogP contribution in [-0.2, 0) is 0 Å². The van der Waals surface area contributed by atoms with Crippen LogP contribution >= 0.6 is 24.0 Å². The fourth-order valence-corrected chi connectivity index (χ4v) is 1.17. The van der Waals surface area contributed by atoms with Crippen LogP contribution in [0.4, 0.5) is 4.39 Å². The minimum Gasteiger partial charge on any atom is -0.324 e. The predicted molar refractivity (Wildman–Crippen MR) is 55.9 cm³/mol. The summed E-state index contributed by atoms with van der Waals surface area (Å²) in [7, 11) is 0. The molecule has 0 heterocycles. The van der Waals surface area contributed by atoms with Gasteiger partial charge in [-0.25, -0.2) is 4.39 Å². The Labute approximate surface area is 88.5 Å². The number of hydrogen-bond acceptors (Lipinski definition) is 1. The smallest absolute Gasteiger partial charge is 0.141 e. The second-order valence-corrected chi connectivity index (χ2v) is 3.10. The number of nitrogens with two attached hydrogens (primary N) is 1. The molecule has 0 bridgehead atoms. The molecule has 1 nitrogen and oxygen atoms in total. The first-order valence-electron chi connectivity index (χ1n) is 3.85. The minimum atomic E-state index is -0.399. The third kappa shape index (κ3) is 3.14. The minimum absolute atomic E-state index is 0. The second-order valence-electron chi connectivity index (χ2n) is 2.69. The lowest BCUT2D eigenvalue weighted by molar-refractivity contribution is 0.624. The topological polar surface area (TPSA) is 26.0 Å². The van der Waals surface area contributed by atoms with Crippen molar-refractivity contribution in [1.82, 2.24) is 0 Å². The molecule has 0 aliphatic carbocycles. The van der Waals surface area contributed by atoms with Crippen LogP contribution in [0.5, 0.6) is 0 Å². The van der Waals surface area contributed by atoms with E-state index in [1.165, 1.54) is 6.07 Å². The Morgan fingerprint density at radius 3 is 2.62 bits per heavy atom. The van der Waals surface area contributed by atoms with Gasteiger partial charge in [-0.3, -0.25) is 0 Å². The van der Waals surface area contributed by atoms with Crippen molar-refractivity contribution in [1.29, 1.82) is 0 Å². The van der Waals surface area contributed by atoms with Crippen LogP contribution in [-0.4, -0.2) is 0 Å². The summed E-state index contributed by atoms with van der Waals surface area (Å²) in [4.78, 5) is 0. The van der Waals surface area contributed by atoms with Gasteiger partial charge in [0.15, 0.2) is 0 Å². The molecule has 1 atom stereocenters. The highest BCUT2D eigenvalue weighted by molar-refractivity contribution is 6.30. The average Bonchev–Trinajstić information content (AvgIpc) is 2.08. The van der Waals surface area contributed by atoms with Gasteiger partial charge in [-0.05, 0) is 24.1 Å². The number of hydrogen-bond donors (Lipinski definition) is 1. The standard InChI is InChI=1S/C9H11ClFN.ClH/c1-2-9(12)6-3-4-8(11)7(10)5-6;/h3-5,9H,2,12H2,1H3;1H/t9-;/m0./s1. The van der Waals surface area contributed by atoms with Gasteiger partial charge in [0.05, 0.1) is 5.02 Å². The third-order valence-corrected chi connectivity index (χ3v) is 2.10. The summed E-state index contributed by atoms with van der Waals surface area (Å²) in [6.45, 7) is 1.97. The predicted octanol–water partition coefficient (Wildman–Crippen LogP) is 3.31. The van der Waals surface area contributed by atoms with Gasteiger partial charge >= 0.3 is 0 Å². The van der Waals surface area contributed by atoms with E-state index in [1.807, 2.05) is 6.92 Å². The van der Waals surface area contributed by atoms with E-state index in [0.717, 1.165) is 12.0 Å². The molecule has 1 aromatic rings. The lowest BCUT2D eigenvalue weighted by Crippen LogP contribution is -2.08. The Morgan fingerprint density at radius 1 is 1.54 bits per heavy atom. The summed E-state index contributed by atoms with van der Waals surface area (Å²) in [6.07, 6.45) is 0.821. The van der Waals surface area contributed by atoms with E-state index in [4.69, 9.17) is 17.3 Å². The van der Waals surface area contributed by atoms with Gasteiger partial charge in [0.2, 0.25) is 0 Å². The Hall–Kier alpha value is -0.310. The summed E-state index contributed by atoms with van der Waals surface area (Å²) in [6, 6.07) is 4.52. The van der Waals surface area contributed by atoms with E-state index < -0.39 is 5.82 Å². The van der Waals surface area contributed by atoms with Gasteiger partial charge in [0.1, 0.15) is 5.82 Å². The van der Waals surface area contributed by atoms with E-state index in [-0.39, 0.29) is 23.5 Å². The summed E-state index contributed by atoms with van der Waals surface area (Å²) in [5, 5.41) is 0.136. The summed E-state index contributed by atoms with van der Waals surface area (Å²) in [5.74, 6) is -0.399. The summed E-state index contributed by atoms with van der Waals surface area (Å²) < 4.78 is 12.7. The largest absolute Gasteiger partial charge is 0.324 e. The van der Waals surface area contributed by atoms with Crippen molar-refractivity contribution in [3.05, 3.63) is 34.6 Å². The van der Waals surface area contributed by atoms with E-state index in [2.05, 4.69) is 0 Å². The molecule has 0 fully saturated rings. The molecule has 0 saturated heterocycles. The maximum atomic E-state index is 12.7. The molecule has 0 aliphatic rings. The van der Waals surface area contributed by atoms with E-state index in [0.29, 0.717) is 0 Å². The van der Waals surface area contributed by atoms with Gasteiger partial charge in [-0.1, -0.05) is 24.6 Å². The molecule has 0 radical (unpaired) electrons. The van der Waals surface area contributed by atoms with Crippen LogP contribution in [0.2, 0.25) is 5.02 Å². The molecule has 74 valence electrons. The van der Waals surface area contributed by atoms with E-state index in [9.17, 15) is 4.39 Å². The van der Waals surface area contributed by atoms with Crippen LogP contribution in [0.3, 0.4) is 0 Å². The highest BCUT2D eigenvalue weighted by Gasteiger charge is 2.05. The maximum absolute atomic E-state index is 12.7. The third-order valence-electron chi connectivity index (χ3n) is 1.81. The first-order valence-corrected chi connectivity index (χ1v) is 4.23. The first-order chi connectivity index (χ1) is 5.65. The SMILES string of the molecule is CC[C@H](N)c1ccc(F)c(Cl)c1.Cl. The molecule has 0 spiro atoms. The molecular weight excluding hydrogens is 212 g/mol. The molecule has 2 N–H and O–H groups in total. The van der Waals surface area contributed by atoms with E-state index >= 15 is 0 Å². The van der Waals surface area contributed by atoms with Crippen molar-refractivity contribution in [2.45, 2.75) is 19.4 Å². The maximum Gasteiger partial charge on any atom is 0.141 e. The lowest BCUT2D eigenvalue weighted by atomic mass is 10.1. The molecule has 1 rings (SSSR count). The second kappa shape index (κ2) is 5.43. The summed E-state index contributed by atoms with van der Waals surface area (Å²) in [5.41, 5.74) is 6.61. The van der Waals surface area contributed by atoms with Crippen molar-refractivity contribution >= 4 is 24.0 Å². The monoisotopic (exact) mass is 223 g/mol. The zero-order chi connectivity index (χ0) is 9.14. The number of halogens is 3. The molecule has 0 saturated carbocycles. The van der Waals surface area contributed by atoms with Gasteiger partial charge in [-0.15, -0.1) is 12.4 Å². The van der Waals surface area contributed by atoms with Gasteiger partial charge in [-0.2, -0.15) is 0 Å². The van der Waals surface area contributed by atoms with Crippen LogP contribution in [0.25, 0.3) is 0 Å². The average molecular weight is 224 g/mol. The normalized spacial score (nSPS) is 12.0. The zero-order valence-corrected chi connectivity index (χ0v) is 8.83. The Bertz CT molecular complexity index is 278. The highest BCUT2D eigenvalue weighted by atomic mass is 35.5. The molecule has 0 amide bonds. The number of benzene rings is 1. The molecule has 0 aliphatic heterocycles.